The van der Waals surface area contributed by atoms with E-state index in [1.165, 1.54) is 6.07 Å². The molecule has 0 aliphatic carbocycles. The summed E-state index contributed by atoms with van der Waals surface area (Å²) >= 11 is 0. The molecule has 6 heteroatoms. The van der Waals surface area contributed by atoms with Gasteiger partial charge >= 0.3 is 0 Å². The molecule has 4 nitrogen and oxygen atoms in total. The van der Waals surface area contributed by atoms with Gasteiger partial charge in [0.15, 0.2) is 11.6 Å². The van der Waals surface area contributed by atoms with Crippen LogP contribution in [0.25, 0.3) is 0 Å². The molecule has 0 bridgehead atoms. The van der Waals surface area contributed by atoms with Gasteiger partial charge in [0.2, 0.25) is 0 Å². The van der Waals surface area contributed by atoms with Crippen molar-refractivity contribution in [2.24, 2.45) is 0 Å². The summed E-state index contributed by atoms with van der Waals surface area (Å²) in [6, 6.07) is 10.8. The summed E-state index contributed by atoms with van der Waals surface area (Å²) < 4.78 is 28.1. The van der Waals surface area contributed by atoms with Crippen molar-refractivity contribution in [3.8, 4) is 0 Å². The molecule has 24 heavy (non-hydrogen) atoms. The molecule has 0 aliphatic rings. The fourth-order valence-electron chi connectivity index (χ4n) is 2.38. The molecule has 0 spiro atoms. The molecular formula is C18H15F2N3O. The first-order chi connectivity index (χ1) is 11.6. The summed E-state index contributed by atoms with van der Waals surface area (Å²) in [6.07, 6.45) is 5.28. The van der Waals surface area contributed by atoms with Gasteiger partial charge < -0.3 is 9.88 Å². The number of rotatable bonds is 5. The minimum atomic E-state index is -1.04. The average Bonchev–Trinajstić information content (AvgIpc) is 3.09. The first-order valence-electron chi connectivity index (χ1n) is 7.39. The normalized spacial score (nSPS) is 10.6. The lowest BCUT2D eigenvalue weighted by Crippen LogP contribution is -2.23. The van der Waals surface area contributed by atoms with Crippen LogP contribution < -0.4 is 5.32 Å². The number of benzene rings is 2. The van der Waals surface area contributed by atoms with Gasteiger partial charge in [-0.1, -0.05) is 24.3 Å². The predicted octanol–water partition coefficient (Wildman–Crippen LogP) is 3.14. The van der Waals surface area contributed by atoms with Crippen molar-refractivity contribution < 1.29 is 13.6 Å². The van der Waals surface area contributed by atoms with E-state index in [1.807, 2.05) is 35.0 Å². The van der Waals surface area contributed by atoms with E-state index in [0.29, 0.717) is 13.1 Å². The zero-order valence-electron chi connectivity index (χ0n) is 12.7. The van der Waals surface area contributed by atoms with Crippen LogP contribution in [0.3, 0.4) is 0 Å². The molecule has 0 saturated heterocycles. The third-order valence-electron chi connectivity index (χ3n) is 3.65. The first kappa shape index (κ1) is 15.9. The lowest BCUT2D eigenvalue weighted by atomic mass is 10.1. The Hall–Kier alpha value is -3.02. The Balaban J connectivity index is 1.70. The number of hydrogen-bond acceptors (Lipinski definition) is 2. The van der Waals surface area contributed by atoms with Crippen molar-refractivity contribution in [1.82, 2.24) is 14.9 Å². The summed E-state index contributed by atoms with van der Waals surface area (Å²) in [4.78, 5) is 16.1. The molecule has 1 N–H and O–H groups in total. The molecular weight excluding hydrogens is 312 g/mol. The maximum atomic E-state index is 13.2. The van der Waals surface area contributed by atoms with Crippen LogP contribution >= 0.6 is 0 Å². The molecule has 0 fully saturated rings. The first-order valence-corrected chi connectivity index (χ1v) is 7.39. The van der Waals surface area contributed by atoms with E-state index in [9.17, 15) is 13.6 Å². The second kappa shape index (κ2) is 7.04. The minimum Gasteiger partial charge on any atom is -0.348 e. The number of aromatic nitrogens is 2. The molecule has 0 atom stereocenters. The van der Waals surface area contributed by atoms with Crippen molar-refractivity contribution in [1.29, 1.82) is 0 Å². The van der Waals surface area contributed by atoms with Crippen LogP contribution in [0.4, 0.5) is 8.78 Å². The van der Waals surface area contributed by atoms with Gasteiger partial charge in [-0.3, -0.25) is 4.79 Å². The Morgan fingerprint density at radius 2 is 1.88 bits per heavy atom. The lowest BCUT2D eigenvalue weighted by Gasteiger charge is -2.11. The number of hydrogen-bond donors (Lipinski definition) is 1. The zero-order chi connectivity index (χ0) is 16.9. The number of halogens is 2. The molecule has 0 radical (unpaired) electrons. The quantitative estimate of drug-likeness (QED) is 0.782. The summed E-state index contributed by atoms with van der Waals surface area (Å²) in [7, 11) is 0. The van der Waals surface area contributed by atoms with E-state index in [4.69, 9.17) is 0 Å². The molecule has 0 unspecified atom stereocenters. The van der Waals surface area contributed by atoms with E-state index in [0.717, 1.165) is 23.3 Å². The van der Waals surface area contributed by atoms with Crippen LogP contribution in [0.1, 0.15) is 21.5 Å². The highest BCUT2D eigenvalue weighted by Gasteiger charge is 2.10. The molecule has 3 aromatic rings. The van der Waals surface area contributed by atoms with Gasteiger partial charge in [-0.15, -0.1) is 0 Å². The van der Waals surface area contributed by atoms with Gasteiger partial charge in [0, 0.05) is 31.0 Å². The number of imidazole rings is 1. The average molecular weight is 327 g/mol. The minimum absolute atomic E-state index is 0.0843. The maximum Gasteiger partial charge on any atom is 0.251 e. The third-order valence-corrected chi connectivity index (χ3v) is 3.65. The summed E-state index contributed by atoms with van der Waals surface area (Å²) in [5.41, 5.74) is 2.07. The monoisotopic (exact) mass is 327 g/mol. The van der Waals surface area contributed by atoms with E-state index >= 15 is 0 Å². The third kappa shape index (κ3) is 3.65. The standard InChI is InChI=1S/C18H15F2N3O/c19-16-6-5-13(9-17(16)20)18(24)22-10-14-3-1-2-4-15(14)11-23-8-7-21-12-23/h1-9,12H,10-11H2,(H,22,24). The molecule has 0 aliphatic heterocycles. The predicted molar refractivity (Wildman–Crippen MR) is 85.3 cm³/mol. The molecule has 1 heterocycles. The molecule has 1 aromatic heterocycles. The van der Waals surface area contributed by atoms with Crippen LogP contribution in [0.15, 0.2) is 61.2 Å². The van der Waals surface area contributed by atoms with Crippen molar-refractivity contribution in [3.63, 3.8) is 0 Å². The molecule has 3 rings (SSSR count). The number of nitrogens with zero attached hydrogens (tertiary/aromatic N) is 2. The Bertz CT molecular complexity index is 847. The fourth-order valence-corrected chi connectivity index (χ4v) is 2.38. The highest BCUT2D eigenvalue weighted by atomic mass is 19.2. The number of carbonyl (C=O) groups is 1. The largest absolute Gasteiger partial charge is 0.348 e. The van der Waals surface area contributed by atoms with Gasteiger partial charge in [0.25, 0.3) is 5.91 Å². The van der Waals surface area contributed by atoms with E-state index < -0.39 is 17.5 Å². The van der Waals surface area contributed by atoms with Crippen LogP contribution in [-0.2, 0) is 13.1 Å². The topological polar surface area (TPSA) is 46.9 Å². The van der Waals surface area contributed by atoms with Gasteiger partial charge in [0.05, 0.1) is 6.33 Å². The number of carbonyl (C=O) groups excluding carboxylic acids is 1. The van der Waals surface area contributed by atoms with E-state index in [-0.39, 0.29) is 5.56 Å². The molecule has 122 valence electrons. The van der Waals surface area contributed by atoms with Crippen molar-refractivity contribution in [2.75, 3.05) is 0 Å². The van der Waals surface area contributed by atoms with Crippen LogP contribution in [0.5, 0.6) is 0 Å². The van der Waals surface area contributed by atoms with Crippen LogP contribution in [-0.4, -0.2) is 15.5 Å². The summed E-state index contributed by atoms with van der Waals surface area (Å²) in [6.45, 7) is 0.930. The van der Waals surface area contributed by atoms with Crippen molar-refractivity contribution >= 4 is 5.91 Å². The SMILES string of the molecule is O=C(NCc1ccccc1Cn1ccnc1)c1ccc(F)c(F)c1. The van der Waals surface area contributed by atoms with Crippen molar-refractivity contribution in [2.45, 2.75) is 13.1 Å². The highest BCUT2D eigenvalue weighted by molar-refractivity contribution is 5.94. The van der Waals surface area contributed by atoms with Gasteiger partial charge in [0.1, 0.15) is 0 Å². The van der Waals surface area contributed by atoms with E-state index in [2.05, 4.69) is 10.3 Å². The van der Waals surface area contributed by atoms with Gasteiger partial charge in [-0.05, 0) is 29.3 Å². The Morgan fingerprint density at radius 3 is 2.58 bits per heavy atom. The fraction of sp³-hybridized carbons (Fsp3) is 0.111. The van der Waals surface area contributed by atoms with Crippen molar-refractivity contribution in [3.05, 3.63) is 89.5 Å². The van der Waals surface area contributed by atoms with Crippen LogP contribution in [0.2, 0.25) is 0 Å². The van der Waals surface area contributed by atoms with Gasteiger partial charge in [-0.25, -0.2) is 13.8 Å². The Morgan fingerprint density at radius 1 is 1.08 bits per heavy atom. The van der Waals surface area contributed by atoms with E-state index in [1.54, 1.807) is 12.5 Å². The Labute approximate surface area is 137 Å². The zero-order valence-corrected chi connectivity index (χ0v) is 12.7. The highest BCUT2D eigenvalue weighted by Crippen LogP contribution is 2.12. The second-order valence-corrected chi connectivity index (χ2v) is 5.32. The summed E-state index contributed by atoms with van der Waals surface area (Å²) in [5.74, 6) is -2.47. The Kier molecular flexibility index (Phi) is 4.65. The lowest BCUT2D eigenvalue weighted by molar-refractivity contribution is 0.0950. The molecule has 0 saturated carbocycles. The van der Waals surface area contributed by atoms with Crippen LogP contribution in [0, 0.1) is 11.6 Å². The molecule has 1 amide bonds. The van der Waals surface area contributed by atoms with Gasteiger partial charge in [-0.2, -0.15) is 0 Å². The summed E-state index contributed by atoms with van der Waals surface area (Å²) in [5, 5.41) is 2.73. The number of nitrogens with one attached hydrogen (secondary N) is 1. The maximum absolute atomic E-state index is 13.2. The smallest absolute Gasteiger partial charge is 0.251 e. The second-order valence-electron chi connectivity index (χ2n) is 5.32. The number of amides is 1. The molecule has 2 aromatic carbocycles.